The van der Waals surface area contributed by atoms with Gasteiger partial charge >= 0.3 is 0 Å². The molecule has 0 bridgehead atoms. The molecule has 0 saturated heterocycles. The summed E-state index contributed by atoms with van der Waals surface area (Å²) in [4.78, 5) is 10.3. The maximum atomic E-state index is 5.78. The molecule has 0 aliphatic carbocycles. The van der Waals surface area contributed by atoms with E-state index in [1.54, 1.807) is 0 Å². The molecule has 0 aliphatic heterocycles. The van der Waals surface area contributed by atoms with Crippen LogP contribution in [0.4, 0.5) is 0 Å². The van der Waals surface area contributed by atoms with Gasteiger partial charge in [-0.1, -0.05) is 60.7 Å². The second-order valence-corrected chi connectivity index (χ2v) is 5.92. The van der Waals surface area contributed by atoms with Crippen LogP contribution in [0.3, 0.4) is 0 Å². The van der Waals surface area contributed by atoms with Crippen LogP contribution < -0.4 is 5.73 Å². The lowest BCUT2D eigenvalue weighted by Crippen LogP contribution is -2.31. The monoisotopic (exact) mass is 320 g/mol. The predicted octanol–water partition coefficient (Wildman–Crippen LogP) is 3.08. The summed E-state index contributed by atoms with van der Waals surface area (Å²) < 4.78 is 0. The van der Waals surface area contributed by atoms with E-state index in [2.05, 4.69) is 57.3 Å². The van der Waals surface area contributed by atoms with Crippen LogP contribution in [0.5, 0.6) is 0 Å². The molecule has 1 aromatic heterocycles. The van der Waals surface area contributed by atoms with Crippen molar-refractivity contribution in [3.63, 3.8) is 0 Å². The third-order valence-electron chi connectivity index (χ3n) is 4.07. The fourth-order valence-corrected chi connectivity index (χ4v) is 2.81. The van der Waals surface area contributed by atoms with Crippen LogP contribution in [-0.2, 0) is 13.0 Å². The minimum absolute atomic E-state index is 0.661. The number of rotatable bonds is 8. The molecule has 124 valence electrons. The first-order valence-electron chi connectivity index (χ1n) is 8.41. The zero-order valence-corrected chi connectivity index (χ0v) is 13.9. The van der Waals surface area contributed by atoms with E-state index in [-0.39, 0.29) is 0 Å². The Morgan fingerprint density at radius 2 is 1.62 bits per heavy atom. The van der Waals surface area contributed by atoms with E-state index in [4.69, 9.17) is 5.73 Å². The number of benzene rings is 2. The van der Waals surface area contributed by atoms with Gasteiger partial charge in [-0.25, -0.2) is 4.98 Å². The van der Waals surface area contributed by atoms with Crippen LogP contribution in [0.1, 0.15) is 11.3 Å². The molecular weight excluding hydrogens is 296 g/mol. The number of nitrogens with zero attached hydrogens (tertiary/aromatic N) is 2. The normalized spacial score (nSPS) is 11.1. The molecule has 0 fully saturated rings. The smallest absolute Gasteiger partial charge is 0.137 e. The molecule has 0 amide bonds. The molecule has 3 rings (SSSR count). The molecule has 4 nitrogen and oxygen atoms in total. The standard InChI is InChI=1S/C20H24N4/c21-12-14-24(13-11-17-7-3-1-4-8-17)16-19-15-22-20(23-19)18-9-5-2-6-10-18/h1-10,15H,11-14,16,21H2,(H,22,23). The van der Waals surface area contributed by atoms with Gasteiger partial charge in [0.2, 0.25) is 0 Å². The van der Waals surface area contributed by atoms with Crippen LogP contribution in [0.2, 0.25) is 0 Å². The summed E-state index contributed by atoms with van der Waals surface area (Å²) in [7, 11) is 0. The van der Waals surface area contributed by atoms with Gasteiger partial charge in [0.05, 0.1) is 0 Å². The average molecular weight is 320 g/mol. The van der Waals surface area contributed by atoms with Crippen molar-refractivity contribution in [1.29, 1.82) is 0 Å². The largest absolute Gasteiger partial charge is 0.341 e. The number of hydrogen-bond donors (Lipinski definition) is 2. The van der Waals surface area contributed by atoms with Gasteiger partial charge in [0.1, 0.15) is 5.82 Å². The van der Waals surface area contributed by atoms with E-state index < -0.39 is 0 Å². The van der Waals surface area contributed by atoms with Crippen LogP contribution in [0, 0.1) is 0 Å². The zero-order valence-electron chi connectivity index (χ0n) is 13.9. The topological polar surface area (TPSA) is 57.9 Å². The van der Waals surface area contributed by atoms with Crippen molar-refractivity contribution in [3.8, 4) is 11.4 Å². The Labute approximate surface area is 143 Å². The van der Waals surface area contributed by atoms with Crippen molar-refractivity contribution in [2.45, 2.75) is 13.0 Å². The second kappa shape index (κ2) is 8.43. The minimum atomic E-state index is 0.661. The van der Waals surface area contributed by atoms with E-state index in [9.17, 15) is 0 Å². The third kappa shape index (κ3) is 4.54. The summed E-state index contributed by atoms with van der Waals surface area (Å²) in [6.07, 6.45) is 2.95. The van der Waals surface area contributed by atoms with Crippen molar-refractivity contribution in [1.82, 2.24) is 14.9 Å². The van der Waals surface area contributed by atoms with Crippen LogP contribution in [-0.4, -0.2) is 34.5 Å². The first-order chi connectivity index (χ1) is 11.8. The highest BCUT2D eigenvalue weighted by Gasteiger charge is 2.09. The first kappa shape index (κ1) is 16.4. The molecule has 0 radical (unpaired) electrons. The van der Waals surface area contributed by atoms with Crippen molar-refractivity contribution in [3.05, 3.63) is 78.1 Å². The molecular formula is C20H24N4. The van der Waals surface area contributed by atoms with Crippen molar-refractivity contribution in [2.75, 3.05) is 19.6 Å². The summed E-state index contributed by atoms with van der Waals surface area (Å²) in [5, 5.41) is 0. The highest BCUT2D eigenvalue weighted by Crippen LogP contribution is 2.15. The lowest BCUT2D eigenvalue weighted by Gasteiger charge is -2.20. The van der Waals surface area contributed by atoms with Crippen molar-refractivity contribution in [2.24, 2.45) is 5.73 Å². The lowest BCUT2D eigenvalue weighted by atomic mass is 10.1. The van der Waals surface area contributed by atoms with Gasteiger partial charge in [-0.3, -0.25) is 4.90 Å². The SMILES string of the molecule is NCCN(CCc1ccccc1)Cc1cnc(-c2ccccc2)[nH]1. The Hall–Kier alpha value is -2.43. The summed E-state index contributed by atoms with van der Waals surface area (Å²) >= 11 is 0. The number of aromatic nitrogens is 2. The predicted molar refractivity (Wildman–Crippen MR) is 98.5 cm³/mol. The van der Waals surface area contributed by atoms with Gasteiger partial charge in [-0.15, -0.1) is 0 Å². The Kier molecular flexibility index (Phi) is 5.77. The molecule has 2 aromatic carbocycles. The number of H-pyrrole nitrogens is 1. The number of hydrogen-bond acceptors (Lipinski definition) is 3. The quantitative estimate of drug-likeness (QED) is 0.670. The maximum absolute atomic E-state index is 5.78. The van der Waals surface area contributed by atoms with Gasteiger partial charge < -0.3 is 10.7 Å². The molecule has 3 aromatic rings. The number of aromatic amines is 1. The van der Waals surface area contributed by atoms with E-state index in [0.717, 1.165) is 43.1 Å². The van der Waals surface area contributed by atoms with Crippen molar-refractivity contribution >= 4 is 0 Å². The van der Waals surface area contributed by atoms with E-state index in [1.807, 2.05) is 24.4 Å². The number of imidazole rings is 1. The minimum Gasteiger partial charge on any atom is -0.341 e. The summed E-state index contributed by atoms with van der Waals surface area (Å²) in [5.41, 5.74) is 9.37. The van der Waals surface area contributed by atoms with E-state index in [1.165, 1.54) is 5.56 Å². The molecule has 0 atom stereocenters. The highest BCUT2D eigenvalue weighted by molar-refractivity contribution is 5.54. The van der Waals surface area contributed by atoms with Gasteiger partial charge in [-0.05, 0) is 12.0 Å². The highest BCUT2D eigenvalue weighted by atomic mass is 15.1. The molecule has 0 unspecified atom stereocenters. The fourth-order valence-electron chi connectivity index (χ4n) is 2.81. The maximum Gasteiger partial charge on any atom is 0.137 e. The molecule has 24 heavy (non-hydrogen) atoms. The number of nitrogens with one attached hydrogen (secondary N) is 1. The lowest BCUT2D eigenvalue weighted by molar-refractivity contribution is 0.273. The van der Waals surface area contributed by atoms with Gasteiger partial charge in [0.25, 0.3) is 0 Å². The summed E-state index contributed by atoms with van der Waals surface area (Å²) in [6.45, 7) is 3.37. The van der Waals surface area contributed by atoms with Gasteiger partial charge in [0, 0.05) is 43.6 Å². The third-order valence-corrected chi connectivity index (χ3v) is 4.07. The molecule has 3 N–H and O–H groups in total. The van der Waals surface area contributed by atoms with Crippen molar-refractivity contribution < 1.29 is 0 Å². The molecule has 1 heterocycles. The van der Waals surface area contributed by atoms with Crippen LogP contribution in [0.25, 0.3) is 11.4 Å². The van der Waals surface area contributed by atoms with Gasteiger partial charge in [0.15, 0.2) is 0 Å². The van der Waals surface area contributed by atoms with Crippen LogP contribution in [0.15, 0.2) is 66.9 Å². The molecule has 0 saturated carbocycles. The zero-order chi connectivity index (χ0) is 16.6. The Morgan fingerprint density at radius 1 is 0.917 bits per heavy atom. The number of nitrogens with two attached hydrogens (primary N) is 1. The Balaban J connectivity index is 1.62. The van der Waals surface area contributed by atoms with Gasteiger partial charge in [-0.2, -0.15) is 0 Å². The Morgan fingerprint density at radius 3 is 2.33 bits per heavy atom. The van der Waals surface area contributed by atoms with Crippen LogP contribution >= 0.6 is 0 Å². The first-order valence-corrected chi connectivity index (χ1v) is 8.41. The van der Waals surface area contributed by atoms with E-state index >= 15 is 0 Å². The second-order valence-electron chi connectivity index (χ2n) is 5.92. The van der Waals surface area contributed by atoms with E-state index in [0.29, 0.717) is 6.54 Å². The average Bonchev–Trinajstić information content (AvgIpc) is 3.10. The summed E-state index contributed by atoms with van der Waals surface area (Å²) in [5.74, 6) is 0.918. The summed E-state index contributed by atoms with van der Waals surface area (Å²) in [6, 6.07) is 20.8. The molecule has 0 spiro atoms. The Bertz CT molecular complexity index is 722. The molecule has 4 heteroatoms. The molecule has 0 aliphatic rings. The fraction of sp³-hybridized carbons (Fsp3) is 0.250.